The fraction of sp³-hybridized carbons (Fsp3) is 0.0794. The number of nitrogens with zero attached hydrogens (tertiary/aromatic N) is 4. The van der Waals surface area contributed by atoms with E-state index in [0.717, 1.165) is 112 Å². The molecule has 2 aliphatic carbocycles. The average Bonchev–Trinajstić information content (AvgIpc) is 1.57. The topological polar surface area (TPSA) is 13.0 Å². The molecular formula is C126H84N4. The Morgan fingerprint density at radius 1 is 0.185 bits per heavy atom. The highest BCUT2D eigenvalue weighted by atomic mass is 15.2. The summed E-state index contributed by atoms with van der Waals surface area (Å²) >= 11 is 0. The van der Waals surface area contributed by atoms with Crippen molar-refractivity contribution in [2.24, 2.45) is 0 Å². The molecule has 0 unspecified atom stereocenters. The molecule has 4 heteroatoms. The van der Waals surface area contributed by atoms with Gasteiger partial charge in [-0.1, -0.05) is 276 Å². The maximum Gasteiger partial charge on any atom is 0.145 e. The molecule has 2 aliphatic rings. The van der Waals surface area contributed by atoms with Crippen LogP contribution in [0.1, 0.15) is 66.8 Å². The van der Waals surface area contributed by atoms with Crippen LogP contribution in [0.15, 0.2) is 340 Å². The number of aryl methyl sites for hydroxylation is 8. The number of para-hydroxylation sites is 8. The minimum Gasteiger partial charge on any atom is -0.310 e. The Morgan fingerprint density at radius 3 is 0.569 bits per heavy atom. The predicted molar refractivity (Wildman–Crippen MR) is 543 cm³/mol. The van der Waals surface area contributed by atoms with Crippen molar-refractivity contribution in [1.29, 1.82) is 0 Å². The van der Waals surface area contributed by atoms with E-state index in [1.165, 1.54) is 45.0 Å². The minimum atomic E-state index is -0.870. The Bertz CT molecular complexity index is 6760. The van der Waals surface area contributed by atoms with Gasteiger partial charge in [0.1, 0.15) is 10.8 Å². The van der Waals surface area contributed by atoms with E-state index in [2.05, 4.69) is 553 Å². The van der Waals surface area contributed by atoms with Gasteiger partial charge in [-0.3, -0.25) is 0 Å². The van der Waals surface area contributed by atoms with Crippen LogP contribution in [-0.2, 0) is 10.8 Å². The van der Waals surface area contributed by atoms with Crippen molar-refractivity contribution in [3.63, 3.8) is 0 Å². The molecular weight excluding hydrogens is 1570 g/mol. The van der Waals surface area contributed by atoms with Crippen molar-refractivity contribution in [2.45, 2.75) is 66.2 Å². The third kappa shape index (κ3) is 21.1. The van der Waals surface area contributed by atoms with E-state index in [4.69, 9.17) is 25.7 Å². The van der Waals surface area contributed by atoms with Gasteiger partial charge in [-0.05, 0) is 373 Å². The second-order valence-corrected chi connectivity index (χ2v) is 30.1. The number of rotatable bonds is 12. The fourth-order valence-corrected chi connectivity index (χ4v) is 15.6. The number of terminal acetylenes is 4. The van der Waals surface area contributed by atoms with Crippen molar-refractivity contribution in [2.75, 3.05) is 19.6 Å². The van der Waals surface area contributed by atoms with Crippen LogP contribution < -0.4 is 19.6 Å². The fourth-order valence-electron chi connectivity index (χ4n) is 15.6. The summed E-state index contributed by atoms with van der Waals surface area (Å²) in [5.74, 6) is 75.4. The molecule has 608 valence electrons. The first-order chi connectivity index (χ1) is 63.7. The highest BCUT2D eigenvalue weighted by Gasteiger charge is 2.43. The van der Waals surface area contributed by atoms with Crippen LogP contribution in [0.5, 0.6) is 0 Å². The monoisotopic (exact) mass is 1650 g/mol. The van der Waals surface area contributed by atoms with Gasteiger partial charge in [-0.25, -0.2) is 0 Å². The maximum absolute atomic E-state index is 5.12. The third-order valence-electron chi connectivity index (χ3n) is 21.3. The molecule has 0 spiro atoms. The van der Waals surface area contributed by atoms with Crippen molar-refractivity contribution in [3.8, 4) is 214 Å². The van der Waals surface area contributed by atoms with Gasteiger partial charge < -0.3 is 19.6 Å². The Kier molecular flexibility index (Phi) is 30.0. The van der Waals surface area contributed by atoms with Gasteiger partial charge in [0.25, 0.3) is 0 Å². The summed E-state index contributed by atoms with van der Waals surface area (Å²) < 4.78 is 0. The summed E-state index contributed by atoms with van der Waals surface area (Å²) in [4.78, 5) is 9.41. The van der Waals surface area contributed by atoms with Crippen molar-refractivity contribution in [1.82, 2.24) is 0 Å². The standard InChI is InChI=1S/2C32H28N2.2C31H14/c1-25-23-32(34(29-19-11-5-12-20-29)30-21-13-6-14-22-30)26(2)24-31(25)33(27-15-7-3-8-16-27)28-17-9-4-10-18-28;1-25-23-24-26(2)32(34(29-19-11-5-12-20-29)30-21-13-6-14-22-30)31(25)33(27-15-7-3-8-16-27)28-17-9-4-10-18-28;2*1-5-7-9-11-13-15-21-31(22-16-14-12-10-8-6-2)29-23-25(3)17-19-27(29)28-20-18-26(4)24-30(28)31/h2*3-24H,1-2H3;2*1-2,17-20,23-24H,3-4H3. The molecule has 14 aromatic carbocycles. The summed E-state index contributed by atoms with van der Waals surface area (Å²) in [7, 11) is 0. The summed E-state index contributed by atoms with van der Waals surface area (Å²) in [5, 5.41) is 0. The van der Waals surface area contributed by atoms with E-state index in [1.807, 2.05) is 27.7 Å². The van der Waals surface area contributed by atoms with Crippen molar-refractivity contribution in [3.05, 3.63) is 406 Å². The lowest BCUT2D eigenvalue weighted by molar-refractivity contribution is 0.913. The molecule has 14 aromatic rings. The van der Waals surface area contributed by atoms with Crippen LogP contribution in [-0.4, -0.2) is 0 Å². The predicted octanol–water partition coefficient (Wildman–Crippen LogP) is 26.2. The van der Waals surface area contributed by atoms with E-state index >= 15 is 0 Å². The van der Waals surface area contributed by atoms with Crippen LogP contribution in [0.4, 0.5) is 68.2 Å². The van der Waals surface area contributed by atoms with Crippen molar-refractivity contribution < 1.29 is 0 Å². The molecule has 130 heavy (non-hydrogen) atoms. The number of hydrogen-bond donors (Lipinski definition) is 0. The van der Waals surface area contributed by atoms with Crippen LogP contribution in [0.2, 0.25) is 0 Å². The molecule has 0 saturated heterocycles. The van der Waals surface area contributed by atoms with Crippen LogP contribution in [0, 0.1) is 247 Å². The van der Waals surface area contributed by atoms with Gasteiger partial charge in [0.15, 0.2) is 0 Å². The molecule has 0 radical (unpaired) electrons. The summed E-state index contributed by atoms with van der Waals surface area (Å²) in [6.07, 6.45) is 20.5. The van der Waals surface area contributed by atoms with Crippen molar-refractivity contribution >= 4 is 68.2 Å². The molecule has 0 aromatic heterocycles. The van der Waals surface area contributed by atoms with Gasteiger partial charge >= 0.3 is 0 Å². The third-order valence-corrected chi connectivity index (χ3v) is 21.3. The van der Waals surface area contributed by atoms with Crippen LogP contribution in [0.25, 0.3) is 22.3 Å². The van der Waals surface area contributed by atoms with E-state index in [1.54, 1.807) is 0 Å². The second-order valence-electron chi connectivity index (χ2n) is 30.1. The quantitative estimate of drug-likeness (QED) is 0.113. The molecule has 0 saturated carbocycles. The maximum atomic E-state index is 5.12. The molecule has 4 nitrogen and oxygen atoms in total. The molecule has 0 aliphatic heterocycles. The minimum absolute atomic E-state index is 0.870. The Hall–Kier alpha value is -18.8. The molecule has 16 rings (SSSR count). The molecule has 0 fully saturated rings. The Balaban J connectivity index is 0.000000148. The van der Waals surface area contributed by atoms with Gasteiger partial charge in [0.05, 0.1) is 11.4 Å². The smallest absolute Gasteiger partial charge is 0.145 e. The number of benzene rings is 14. The zero-order valence-electron chi connectivity index (χ0n) is 73.4. The Labute approximate surface area is 769 Å². The average molecular weight is 1650 g/mol. The second kappa shape index (κ2) is 43.8. The zero-order chi connectivity index (χ0) is 90.9. The lowest BCUT2D eigenvalue weighted by atomic mass is 9.78. The lowest BCUT2D eigenvalue weighted by Crippen LogP contribution is -2.21. The van der Waals surface area contributed by atoms with E-state index in [-0.39, 0.29) is 0 Å². The SMILES string of the molecule is C#CC#CC#CC#CC1(C#CC#CC#CC#C)c2cc(C)ccc2-c2ccc(C)cc21.C#CC#CC#CC#CC1(C#CC#CC#CC#C)c2cc(C)ccc2-c2ccc(C)cc21.Cc1cc(N(c2ccccc2)c2ccccc2)c(C)cc1N(c1ccccc1)c1ccccc1.Cc1ccc(C)c(N(c2ccccc2)c2ccccc2)c1N(c1ccccc1)c1ccccc1. The summed E-state index contributed by atoms with van der Waals surface area (Å²) in [5.41, 5.74) is 29.9. The number of anilines is 12. The van der Waals surface area contributed by atoms with Gasteiger partial charge in [-0.15, -0.1) is 25.7 Å². The first-order valence-electron chi connectivity index (χ1n) is 41.9. The summed E-state index contributed by atoms with van der Waals surface area (Å²) in [6, 6.07) is 119. The largest absolute Gasteiger partial charge is 0.310 e. The van der Waals surface area contributed by atoms with E-state index in [0.29, 0.717) is 0 Å². The molecule has 0 N–H and O–H groups in total. The highest BCUT2D eigenvalue weighted by molar-refractivity contribution is 5.95. The van der Waals surface area contributed by atoms with E-state index < -0.39 is 10.8 Å². The van der Waals surface area contributed by atoms with E-state index in [9.17, 15) is 0 Å². The van der Waals surface area contributed by atoms with Gasteiger partial charge in [0.2, 0.25) is 0 Å². The highest BCUT2D eigenvalue weighted by Crippen LogP contribution is 2.53. The van der Waals surface area contributed by atoms with Gasteiger partial charge in [0, 0.05) is 56.9 Å². The molecule has 0 bridgehead atoms. The van der Waals surface area contributed by atoms with Crippen LogP contribution >= 0.6 is 0 Å². The summed E-state index contributed by atoms with van der Waals surface area (Å²) in [6.45, 7) is 17.0. The normalized spacial score (nSPS) is 10.4. The zero-order valence-corrected chi connectivity index (χ0v) is 73.4. The van der Waals surface area contributed by atoms with Crippen LogP contribution in [0.3, 0.4) is 0 Å². The molecule has 0 amide bonds. The Morgan fingerprint density at radius 2 is 0.369 bits per heavy atom. The molecule has 0 heterocycles. The number of hydrogen-bond acceptors (Lipinski definition) is 4. The number of fused-ring (bicyclic) bond motifs is 6. The van der Waals surface area contributed by atoms with Gasteiger partial charge in [-0.2, -0.15) is 0 Å². The lowest BCUT2D eigenvalue weighted by Gasteiger charge is -2.35. The molecule has 0 atom stereocenters. The first-order valence-corrected chi connectivity index (χ1v) is 41.9. The first kappa shape index (κ1) is 89.0.